The zero-order valence-corrected chi connectivity index (χ0v) is 6.99. The van der Waals surface area contributed by atoms with Gasteiger partial charge >= 0.3 is 0 Å². The Morgan fingerprint density at radius 2 is 2.12 bits per heavy atom. The van der Waals surface area contributed by atoms with E-state index in [-0.39, 0.29) is 0 Å². The third kappa shape index (κ3) is 4.60. The Morgan fingerprint density at radius 3 is 2.50 bits per heavy atom. The van der Waals surface area contributed by atoms with Crippen LogP contribution in [0.3, 0.4) is 0 Å². The van der Waals surface area contributed by atoms with Crippen LogP contribution in [0.2, 0.25) is 0 Å². The van der Waals surface area contributed by atoms with Crippen LogP contribution in [-0.4, -0.2) is 13.2 Å². The molecular formula is C6H12BrO. The van der Waals surface area contributed by atoms with Gasteiger partial charge in [0.25, 0.3) is 0 Å². The minimum absolute atomic E-state index is 0.757. The minimum atomic E-state index is 0.757. The van der Waals surface area contributed by atoms with Crippen molar-refractivity contribution >= 4 is 15.9 Å². The van der Waals surface area contributed by atoms with E-state index in [4.69, 9.17) is 4.74 Å². The summed E-state index contributed by atoms with van der Waals surface area (Å²) >= 11 is 3.37. The molecule has 1 radical (unpaired) electrons. The third-order valence-corrected chi connectivity index (χ3v) is 1.64. The summed E-state index contributed by atoms with van der Waals surface area (Å²) < 4.78 is 5.10. The standard InChI is InChI=1S/C6H12BrO/c1-3-6(7)5-8-4-2/h3-5H2,1-2H3. The lowest BCUT2D eigenvalue weighted by atomic mass is 10.4. The first-order valence-corrected chi connectivity index (χ1v) is 3.68. The van der Waals surface area contributed by atoms with Crippen LogP contribution < -0.4 is 0 Å². The van der Waals surface area contributed by atoms with Gasteiger partial charge in [0.2, 0.25) is 0 Å². The number of rotatable bonds is 4. The van der Waals surface area contributed by atoms with E-state index in [1.54, 1.807) is 0 Å². The summed E-state index contributed by atoms with van der Waals surface area (Å²) in [5.74, 6) is 0. The number of hydrogen-bond donors (Lipinski definition) is 0. The van der Waals surface area contributed by atoms with Crippen LogP contribution in [0.1, 0.15) is 20.3 Å². The fraction of sp³-hybridized carbons (Fsp3) is 0.833. The lowest BCUT2D eigenvalue weighted by molar-refractivity contribution is 0.164. The van der Waals surface area contributed by atoms with Crippen molar-refractivity contribution in [1.82, 2.24) is 0 Å². The summed E-state index contributed by atoms with van der Waals surface area (Å²) in [6.45, 7) is 5.65. The summed E-state index contributed by atoms with van der Waals surface area (Å²) in [4.78, 5) is 1.24. The Kier molecular flexibility index (Phi) is 5.88. The van der Waals surface area contributed by atoms with Gasteiger partial charge in [0.15, 0.2) is 0 Å². The zero-order valence-electron chi connectivity index (χ0n) is 5.41. The van der Waals surface area contributed by atoms with Crippen molar-refractivity contribution in [2.75, 3.05) is 13.2 Å². The molecule has 0 fully saturated rings. The molecule has 0 bridgehead atoms. The summed E-state index contributed by atoms with van der Waals surface area (Å²) in [6, 6.07) is 0. The first-order valence-electron chi connectivity index (χ1n) is 2.89. The van der Waals surface area contributed by atoms with E-state index in [9.17, 15) is 0 Å². The average Bonchev–Trinajstić information content (AvgIpc) is 1.83. The predicted molar refractivity (Wildman–Crippen MR) is 39.0 cm³/mol. The molecule has 1 nitrogen and oxygen atoms in total. The normalized spacial score (nSPS) is 10.5. The van der Waals surface area contributed by atoms with Crippen molar-refractivity contribution in [1.29, 1.82) is 0 Å². The Hall–Kier alpha value is 0.440. The smallest absolute Gasteiger partial charge is 0.0663 e. The molecular weight excluding hydrogens is 168 g/mol. The topological polar surface area (TPSA) is 9.23 Å². The van der Waals surface area contributed by atoms with E-state index < -0.39 is 0 Å². The summed E-state index contributed by atoms with van der Waals surface area (Å²) in [6.07, 6.45) is 1.06. The molecule has 0 aliphatic rings. The molecule has 0 saturated carbocycles. The Labute approximate surface area is 59.5 Å². The molecule has 0 N–H and O–H groups in total. The summed E-state index contributed by atoms with van der Waals surface area (Å²) in [5.41, 5.74) is 0. The van der Waals surface area contributed by atoms with Gasteiger partial charge in [-0.05, 0) is 13.3 Å². The Morgan fingerprint density at radius 1 is 1.50 bits per heavy atom. The molecule has 8 heavy (non-hydrogen) atoms. The molecule has 0 rings (SSSR count). The Bertz CT molecular complexity index is 47.8. The van der Waals surface area contributed by atoms with Crippen molar-refractivity contribution in [2.45, 2.75) is 20.3 Å². The summed E-state index contributed by atoms with van der Waals surface area (Å²) in [7, 11) is 0. The molecule has 0 atom stereocenters. The number of ether oxygens (including phenoxy) is 1. The fourth-order valence-corrected chi connectivity index (χ4v) is 0.477. The van der Waals surface area contributed by atoms with Crippen LogP contribution >= 0.6 is 15.9 Å². The highest BCUT2D eigenvalue weighted by atomic mass is 79.9. The van der Waals surface area contributed by atoms with Gasteiger partial charge in [-0.3, -0.25) is 0 Å². The van der Waals surface area contributed by atoms with Gasteiger partial charge in [-0.2, -0.15) is 0 Å². The van der Waals surface area contributed by atoms with Crippen LogP contribution in [0.25, 0.3) is 0 Å². The van der Waals surface area contributed by atoms with E-state index in [2.05, 4.69) is 22.9 Å². The molecule has 49 valence electrons. The second-order valence-electron chi connectivity index (χ2n) is 1.51. The summed E-state index contributed by atoms with van der Waals surface area (Å²) in [5, 5.41) is 0. The molecule has 0 aromatic heterocycles. The molecule has 0 aliphatic heterocycles. The lowest BCUT2D eigenvalue weighted by Crippen LogP contribution is -1.98. The third-order valence-electron chi connectivity index (χ3n) is 0.846. The maximum atomic E-state index is 5.10. The Balaban J connectivity index is 2.86. The highest BCUT2D eigenvalue weighted by molar-refractivity contribution is 9.11. The quantitative estimate of drug-likeness (QED) is 0.645. The van der Waals surface area contributed by atoms with Gasteiger partial charge in [-0.1, -0.05) is 22.9 Å². The lowest BCUT2D eigenvalue weighted by Gasteiger charge is -2.03. The van der Waals surface area contributed by atoms with Crippen molar-refractivity contribution < 1.29 is 4.74 Å². The molecule has 2 heteroatoms. The second kappa shape index (κ2) is 5.57. The van der Waals surface area contributed by atoms with Crippen LogP contribution in [0.5, 0.6) is 0 Å². The van der Waals surface area contributed by atoms with Gasteiger partial charge in [0.05, 0.1) is 11.4 Å². The minimum Gasteiger partial charge on any atom is -0.380 e. The maximum absolute atomic E-state index is 5.10. The average molecular weight is 180 g/mol. The predicted octanol–water partition coefficient (Wildman–Crippen LogP) is 2.36. The van der Waals surface area contributed by atoms with Gasteiger partial charge < -0.3 is 4.74 Å². The molecule has 0 spiro atoms. The van der Waals surface area contributed by atoms with Crippen molar-refractivity contribution in [2.24, 2.45) is 0 Å². The van der Waals surface area contributed by atoms with Crippen molar-refractivity contribution in [3.8, 4) is 0 Å². The molecule has 0 amide bonds. The van der Waals surface area contributed by atoms with Crippen LogP contribution in [0.15, 0.2) is 0 Å². The number of halogens is 1. The first kappa shape index (κ1) is 8.44. The fourth-order valence-electron chi connectivity index (χ4n) is 0.315. The van der Waals surface area contributed by atoms with E-state index in [1.807, 2.05) is 6.92 Å². The van der Waals surface area contributed by atoms with E-state index in [1.165, 1.54) is 4.83 Å². The molecule has 0 aliphatic carbocycles. The van der Waals surface area contributed by atoms with Crippen molar-refractivity contribution in [3.63, 3.8) is 0 Å². The SMILES string of the molecule is CCOC[C](Br)CC. The largest absolute Gasteiger partial charge is 0.380 e. The monoisotopic (exact) mass is 179 g/mol. The number of hydrogen-bond acceptors (Lipinski definition) is 1. The van der Waals surface area contributed by atoms with Crippen molar-refractivity contribution in [3.05, 3.63) is 4.83 Å². The van der Waals surface area contributed by atoms with E-state index >= 15 is 0 Å². The maximum Gasteiger partial charge on any atom is 0.0663 e. The van der Waals surface area contributed by atoms with Crippen LogP contribution in [0.4, 0.5) is 0 Å². The second-order valence-corrected chi connectivity index (χ2v) is 2.63. The highest BCUT2D eigenvalue weighted by Crippen LogP contribution is 2.13. The van der Waals surface area contributed by atoms with Crippen LogP contribution in [0, 0.1) is 4.83 Å². The first-order chi connectivity index (χ1) is 3.81. The molecule has 0 saturated heterocycles. The van der Waals surface area contributed by atoms with Gasteiger partial charge in [0.1, 0.15) is 0 Å². The molecule has 0 unspecified atom stereocenters. The molecule has 0 aromatic rings. The molecule has 0 aromatic carbocycles. The van der Waals surface area contributed by atoms with Gasteiger partial charge in [-0.15, -0.1) is 0 Å². The zero-order chi connectivity index (χ0) is 6.41. The molecule has 0 heterocycles. The van der Waals surface area contributed by atoms with Crippen LogP contribution in [-0.2, 0) is 4.74 Å². The highest BCUT2D eigenvalue weighted by Gasteiger charge is 1.98. The van der Waals surface area contributed by atoms with E-state index in [0.29, 0.717) is 0 Å². The van der Waals surface area contributed by atoms with Gasteiger partial charge in [0, 0.05) is 6.61 Å². The van der Waals surface area contributed by atoms with Gasteiger partial charge in [-0.25, -0.2) is 0 Å². The van der Waals surface area contributed by atoms with E-state index in [0.717, 1.165) is 19.6 Å².